The molecule has 2 rings (SSSR count). The van der Waals surface area contributed by atoms with Gasteiger partial charge in [0.25, 0.3) is 0 Å². The monoisotopic (exact) mass is 332 g/mol. The lowest BCUT2D eigenvalue weighted by atomic mass is 10.2. The first-order valence-corrected chi connectivity index (χ1v) is 8.75. The van der Waals surface area contributed by atoms with E-state index in [-0.39, 0.29) is 42.1 Å². The van der Waals surface area contributed by atoms with E-state index in [4.69, 9.17) is 0 Å². The van der Waals surface area contributed by atoms with Gasteiger partial charge < -0.3 is 10.2 Å². The second kappa shape index (κ2) is 6.60. The van der Waals surface area contributed by atoms with Gasteiger partial charge in [0.1, 0.15) is 11.6 Å². The van der Waals surface area contributed by atoms with Crippen LogP contribution in [0, 0.1) is 11.6 Å². The van der Waals surface area contributed by atoms with E-state index in [0.29, 0.717) is 6.42 Å². The summed E-state index contributed by atoms with van der Waals surface area (Å²) in [6.45, 7) is 0.186. The summed E-state index contributed by atoms with van der Waals surface area (Å²) in [6, 6.07) is 2.87. The molecule has 0 aromatic heterocycles. The van der Waals surface area contributed by atoms with E-state index in [9.17, 15) is 22.0 Å². The first-order valence-electron chi connectivity index (χ1n) is 6.93. The van der Waals surface area contributed by atoms with Crippen LogP contribution in [0.5, 0.6) is 0 Å². The molecule has 0 radical (unpaired) electrons. The second-order valence-corrected chi connectivity index (χ2v) is 7.59. The maximum absolute atomic E-state index is 13.4. The van der Waals surface area contributed by atoms with Crippen LogP contribution in [0.4, 0.5) is 14.5 Å². The van der Waals surface area contributed by atoms with Crippen molar-refractivity contribution in [1.29, 1.82) is 0 Å². The van der Waals surface area contributed by atoms with E-state index in [0.717, 1.165) is 12.1 Å². The first kappa shape index (κ1) is 16.7. The molecule has 122 valence electrons. The maximum Gasteiger partial charge on any atom is 0.224 e. The van der Waals surface area contributed by atoms with Gasteiger partial charge in [0.2, 0.25) is 5.91 Å². The minimum Gasteiger partial charge on any atom is -0.382 e. The van der Waals surface area contributed by atoms with E-state index in [1.807, 2.05) is 0 Å². The highest BCUT2D eigenvalue weighted by atomic mass is 32.2. The van der Waals surface area contributed by atoms with Crippen LogP contribution in [-0.4, -0.2) is 50.4 Å². The summed E-state index contributed by atoms with van der Waals surface area (Å²) in [5.41, 5.74) is 0.125. The Labute approximate surface area is 128 Å². The van der Waals surface area contributed by atoms with Gasteiger partial charge in [-0.1, -0.05) is 0 Å². The van der Waals surface area contributed by atoms with Crippen LogP contribution in [-0.2, 0) is 14.6 Å². The molecule has 1 unspecified atom stereocenters. The molecule has 8 heteroatoms. The minimum absolute atomic E-state index is 0.00470. The van der Waals surface area contributed by atoms with Crippen LogP contribution in [0.25, 0.3) is 0 Å². The molecule has 1 saturated heterocycles. The summed E-state index contributed by atoms with van der Waals surface area (Å²) in [6.07, 6.45) is 0.550. The number of anilines is 1. The van der Waals surface area contributed by atoms with Crippen LogP contribution in [0.1, 0.15) is 12.8 Å². The fourth-order valence-electron chi connectivity index (χ4n) is 2.40. The van der Waals surface area contributed by atoms with Crippen molar-refractivity contribution < 1.29 is 22.0 Å². The molecule has 0 saturated carbocycles. The van der Waals surface area contributed by atoms with Gasteiger partial charge in [-0.25, -0.2) is 17.2 Å². The van der Waals surface area contributed by atoms with Crippen molar-refractivity contribution >= 4 is 21.4 Å². The number of rotatable bonds is 5. The normalized spacial score (nSPS) is 19.9. The number of amides is 1. The zero-order valence-electron chi connectivity index (χ0n) is 12.2. The summed E-state index contributed by atoms with van der Waals surface area (Å²) < 4.78 is 49.0. The highest BCUT2D eigenvalue weighted by molar-refractivity contribution is 7.91. The Hall–Kier alpha value is -1.70. The Morgan fingerprint density at radius 2 is 2.14 bits per heavy atom. The molecule has 0 spiro atoms. The van der Waals surface area contributed by atoms with Crippen LogP contribution in [0.15, 0.2) is 18.2 Å². The first-order chi connectivity index (χ1) is 10.3. The van der Waals surface area contributed by atoms with E-state index in [1.165, 1.54) is 11.0 Å². The van der Waals surface area contributed by atoms with E-state index in [2.05, 4.69) is 5.32 Å². The van der Waals surface area contributed by atoms with Crippen molar-refractivity contribution in [2.75, 3.05) is 30.4 Å². The van der Waals surface area contributed by atoms with Gasteiger partial charge in [0.15, 0.2) is 9.84 Å². The lowest BCUT2D eigenvalue weighted by Crippen LogP contribution is -2.38. The zero-order valence-corrected chi connectivity index (χ0v) is 13.0. The lowest BCUT2D eigenvalue weighted by molar-refractivity contribution is -0.131. The molecule has 1 aliphatic heterocycles. The predicted octanol–water partition coefficient (Wildman–Crippen LogP) is 1.41. The Kier molecular flexibility index (Phi) is 5.00. The Bertz CT molecular complexity index is 664. The Morgan fingerprint density at radius 1 is 1.41 bits per heavy atom. The molecule has 5 nitrogen and oxygen atoms in total. The maximum atomic E-state index is 13.4. The number of hydrogen-bond acceptors (Lipinski definition) is 4. The van der Waals surface area contributed by atoms with Gasteiger partial charge in [-0.05, 0) is 18.6 Å². The van der Waals surface area contributed by atoms with Crippen LogP contribution < -0.4 is 5.32 Å². The third-order valence-electron chi connectivity index (χ3n) is 3.73. The average molecular weight is 332 g/mol. The van der Waals surface area contributed by atoms with E-state index < -0.39 is 21.5 Å². The molecule has 1 aliphatic rings. The fourth-order valence-corrected chi connectivity index (χ4v) is 4.17. The quantitative estimate of drug-likeness (QED) is 0.885. The molecule has 1 atom stereocenters. The Balaban J connectivity index is 1.82. The SMILES string of the molecule is CN(C(=O)CCNc1ccc(F)cc1F)C1CCS(=O)(=O)C1. The highest BCUT2D eigenvalue weighted by Gasteiger charge is 2.32. The lowest BCUT2D eigenvalue weighted by Gasteiger charge is -2.23. The van der Waals surface area contributed by atoms with Gasteiger partial charge >= 0.3 is 0 Å². The zero-order chi connectivity index (χ0) is 16.3. The molecule has 0 bridgehead atoms. The van der Waals surface area contributed by atoms with Crippen LogP contribution >= 0.6 is 0 Å². The smallest absolute Gasteiger partial charge is 0.224 e. The van der Waals surface area contributed by atoms with Crippen molar-refractivity contribution in [3.05, 3.63) is 29.8 Å². The van der Waals surface area contributed by atoms with Crippen molar-refractivity contribution in [3.63, 3.8) is 0 Å². The molecular weight excluding hydrogens is 314 g/mol. The molecular formula is C14H18F2N2O3S. The fraction of sp³-hybridized carbons (Fsp3) is 0.500. The van der Waals surface area contributed by atoms with Gasteiger partial charge in [0, 0.05) is 32.1 Å². The highest BCUT2D eigenvalue weighted by Crippen LogP contribution is 2.18. The molecule has 1 amide bonds. The summed E-state index contributed by atoms with van der Waals surface area (Å²) in [7, 11) is -1.47. The van der Waals surface area contributed by atoms with E-state index in [1.54, 1.807) is 7.05 Å². The molecule has 1 fully saturated rings. The third-order valence-corrected chi connectivity index (χ3v) is 5.49. The summed E-state index contributed by atoms with van der Waals surface area (Å²) >= 11 is 0. The molecule has 1 heterocycles. The number of nitrogens with one attached hydrogen (secondary N) is 1. The molecule has 1 aromatic carbocycles. The number of carbonyl (C=O) groups excluding carboxylic acids is 1. The van der Waals surface area contributed by atoms with Crippen molar-refractivity contribution in [2.45, 2.75) is 18.9 Å². The number of hydrogen-bond donors (Lipinski definition) is 1. The van der Waals surface area contributed by atoms with Gasteiger partial charge in [0.05, 0.1) is 17.2 Å². The largest absolute Gasteiger partial charge is 0.382 e. The number of carbonyl (C=O) groups is 1. The van der Waals surface area contributed by atoms with Gasteiger partial charge in [-0.15, -0.1) is 0 Å². The summed E-state index contributed by atoms with van der Waals surface area (Å²) in [5.74, 6) is -1.50. The topological polar surface area (TPSA) is 66.5 Å². The third kappa shape index (κ3) is 4.16. The number of nitrogens with zero attached hydrogens (tertiary/aromatic N) is 1. The number of halogens is 2. The van der Waals surface area contributed by atoms with Gasteiger partial charge in [-0.2, -0.15) is 0 Å². The second-order valence-electron chi connectivity index (χ2n) is 5.36. The summed E-state index contributed by atoms with van der Waals surface area (Å²) in [5, 5.41) is 2.73. The molecule has 0 aliphatic carbocycles. The van der Waals surface area contributed by atoms with Crippen LogP contribution in [0.2, 0.25) is 0 Å². The average Bonchev–Trinajstić information content (AvgIpc) is 2.80. The van der Waals surface area contributed by atoms with Crippen molar-refractivity contribution in [2.24, 2.45) is 0 Å². The molecule has 1 aromatic rings. The van der Waals surface area contributed by atoms with Crippen molar-refractivity contribution in [3.8, 4) is 0 Å². The van der Waals surface area contributed by atoms with Gasteiger partial charge in [-0.3, -0.25) is 4.79 Å². The number of sulfone groups is 1. The summed E-state index contributed by atoms with van der Waals surface area (Å²) in [4.78, 5) is 13.4. The van der Waals surface area contributed by atoms with Crippen molar-refractivity contribution in [1.82, 2.24) is 4.90 Å². The standard InChI is InChI=1S/C14H18F2N2O3S/c1-18(11-5-7-22(20,21)9-11)14(19)4-6-17-13-3-2-10(15)8-12(13)16/h2-3,8,11,17H,4-7,9H2,1H3. The Morgan fingerprint density at radius 3 is 2.73 bits per heavy atom. The van der Waals surface area contributed by atoms with E-state index >= 15 is 0 Å². The minimum atomic E-state index is -3.04. The predicted molar refractivity (Wildman–Crippen MR) is 79.3 cm³/mol. The molecule has 22 heavy (non-hydrogen) atoms. The van der Waals surface area contributed by atoms with Crippen LogP contribution in [0.3, 0.4) is 0 Å². The number of benzene rings is 1. The molecule has 1 N–H and O–H groups in total.